The molecule has 0 spiro atoms. The van der Waals surface area contributed by atoms with Crippen molar-refractivity contribution < 1.29 is 0 Å². The lowest BCUT2D eigenvalue weighted by Crippen LogP contribution is -2.33. The summed E-state index contributed by atoms with van der Waals surface area (Å²) < 4.78 is 0. The Labute approximate surface area is 64.4 Å². The zero-order valence-corrected chi connectivity index (χ0v) is 7.43. The number of rotatable bonds is 2. The number of hydrogen-bond donors (Lipinski definition) is 0. The fourth-order valence-corrected chi connectivity index (χ4v) is 1.57. The van der Waals surface area contributed by atoms with Crippen LogP contribution in [0, 0.1) is 5.92 Å². The second-order valence-electron chi connectivity index (χ2n) is 3.73. The first-order valence-corrected chi connectivity index (χ1v) is 4.46. The molecule has 0 aromatic rings. The first kappa shape index (κ1) is 8.06. The smallest absolute Gasteiger partial charge is 0.00899 e. The maximum absolute atomic E-state index is 2.60. The van der Waals surface area contributed by atoms with E-state index in [4.69, 9.17) is 0 Å². The summed E-state index contributed by atoms with van der Waals surface area (Å²) in [4.78, 5) is 2.60. The second-order valence-corrected chi connectivity index (χ2v) is 3.73. The number of hydrogen-bond acceptors (Lipinski definition) is 1. The van der Waals surface area contributed by atoms with Crippen molar-refractivity contribution in [3.8, 4) is 0 Å². The number of nitrogens with zero attached hydrogens (tertiary/aromatic N) is 1. The Balaban J connectivity index is 2.32. The minimum Gasteiger partial charge on any atom is -0.300 e. The van der Waals surface area contributed by atoms with Crippen LogP contribution in [0.5, 0.6) is 0 Å². The molecule has 0 saturated carbocycles. The standard InChI is InChI=1S/C9H19N/c1-8(2)9(3)10-6-4-5-7-10/h8-9H,4-7H2,1-3H3/t9-/m0/s1. The highest BCUT2D eigenvalue weighted by Crippen LogP contribution is 2.16. The van der Waals surface area contributed by atoms with Crippen LogP contribution < -0.4 is 0 Å². The molecule has 1 nitrogen and oxygen atoms in total. The number of likely N-dealkylation sites (tertiary alicyclic amines) is 1. The second kappa shape index (κ2) is 3.38. The van der Waals surface area contributed by atoms with Crippen molar-refractivity contribution >= 4 is 0 Å². The van der Waals surface area contributed by atoms with Gasteiger partial charge in [0.25, 0.3) is 0 Å². The van der Waals surface area contributed by atoms with Gasteiger partial charge in [0, 0.05) is 6.04 Å². The SMILES string of the molecule is CC(C)[C@H](C)N1CCCC1. The molecule has 60 valence electrons. The minimum absolute atomic E-state index is 0.794. The molecule has 0 radical (unpaired) electrons. The highest BCUT2D eigenvalue weighted by molar-refractivity contribution is 4.74. The van der Waals surface area contributed by atoms with Crippen molar-refractivity contribution in [2.45, 2.75) is 39.7 Å². The van der Waals surface area contributed by atoms with Crippen molar-refractivity contribution in [2.24, 2.45) is 5.92 Å². The molecular weight excluding hydrogens is 122 g/mol. The molecule has 0 amide bonds. The molecule has 1 heteroatoms. The first-order chi connectivity index (χ1) is 4.72. The van der Waals surface area contributed by atoms with Gasteiger partial charge in [0.1, 0.15) is 0 Å². The van der Waals surface area contributed by atoms with Crippen LogP contribution in [0.4, 0.5) is 0 Å². The van der Waals surface area contributed by atoms with Crippen molar-refractivity contribution in [2.75, 3.05) is 13.1 Å². The summed E-state index contributed by atoms with van der Waals surface area (Å²) in [7, 11) is 0. The maximum atomic E-state index is 2.60. The zero-order chi connectivity index (χ0) is 7.56. The van der Waals surface area contributed by atoms with Gasteiger partial charge in [-0.25, -0.2) is 0 Å². The van der Waals surface area contributed by atoms with Crippen molar-refractivity contribution in [1.82, 2.24) is 4.90 Å². The van der Waals surface area contributed by atoms with E-state index >= 15 is 0 Å². The maximum Gasteiger partial charge on any atom is 0.00899 e. The molecule has 0 aromatic heterocycles. The summed E-state index contributed by atoms with van der Waals surface area (Å²) in [5.74, 6) is 0.818. The van der Waals surface area contributed by atoms with Gasteiger partial charge in [0.2, 0.25) is 0 Å². The Hall–Kier alpha value is -0.0400. The summed E-state index contributed by atoms with van der Waals surface area (Å²) in [6.07, 6.45) is 2.83. The van der Waals surface area contributed by atoms with Crippen LogP contribution in [0.3, 0.4) is 0 Å². The highest BCUT2D eigenvalue weighted by Gasteiger charge is 2.19. The molecule has 1 aliphatic heterocycles. The fourth-order valence-electron chi connectivity index (χ4n) is 1.57. The van der Waals surface area contributed by atoms with E-state index in [9.17, 15) is 0 Å². The molecule has 1 fully saturated rings. The molecule has 0 aromatic carbocycles. The van der Waals surface area contributed by atoms with Gasteiger partial charge in [0.15, 0.2) is 0 Å². The molecule has 1 saturated heterocycles. The van der Waals surface area contributed by atoms with Gasteiger partial charge in [-0.1, -0.05) is 13.8 Å². The predicted molar refractivity (Wildman–Crippen MR) is 45.1 cm³/mol. The molecular formula is C9H19N. The van der Waals surface area contributed by atoms with Gasteiger partial charge in [-0.05, 0) is 38.8 Å². The van der Waals surface area contributed by atoms with Gasteiger partial charge in [0.05, 0.1) is 0 Å². The van der Waals surface area contributed by atoms with Gasteiger partial charge in [-0.3, -0.25) is 0 Å². The van der Waals surface area contributed by atoms with Gasteiger partial charge < -0.3 is 4.90 Å². The van der Waals surface area contributed by atoms with Crippen LogP contribution in [-0.4, -0.2) is 24.0 Å². The lowest BCUT2D eigenvalue weighted by Gasteiger charge is -2.26. The van der Waals surface area contributed by atoms with Crippen molar-refractivity contribution in [3.05, 3.63) is 0 Å². The monoisotopic (exact) mass is 141 g/mol. The quantitative estimate of drug-likeness (QED) is 0.569. The summed E-state index contributed by atoms with van der Waals surface area (Å²) in [6, 6.07) is 0.794. The average molecular weight is 141 g/mol. The first-order valence-electron chi connectivity index (χ1n) is 4.46. The van der Waals surface area contributed by atoms with Crippen LogP contribution in [0.1, 0.15) is 33.6 Å². The molecule has 1 aliphatic rings. The van der Waals surface area contributed by atoms with E-state index in [0.29, 0.717) is 0 Å². The molecule has 1 rings (SSSR count). The lowest BCUT2D eigenvalue weighted by molar-refractivity contribution is 0.208. The van der Waals surface area contributed by atoms with Crippen molar-refractivity contribution in [3.63, 3.8) is 0 Å². The van der Waals surface area contributed by atoms with E-state index in [1.807, 2.05) is 0 Å². The van der Waals surface area contributed by atoms with E-state index in [0.717, 1.165) is 12.0 Å². The summed E-state index contributed by atoms with van der Waals surface area (Å²) in [5.41, 5.74) is 0. The van der Waals surface area contributed by atoms with Gasteiger partial charge in [-0.2, -0.15) is 0 Å². The van der Waals surface area contributed by atoms with E-state index in [1.165, 1.54) is 25.9 Å². The van der Waals surface area contributed by atoms with Crippen LogP contribution in [0.15, 0.2) is 0 Å². The Morgan fingerprint density at radius 1 is 1.00 bits per heavy atom. The topological polar surface area (TPSA) is 3.24 Å². The molecule has 1 heterocycles. The normalized spacial score (nSPS) is 24.0. The van der Waals surface area contributed by atoms with E-state index in [-0.39, 0.29) is 0 Å². The third kappa shape index (κ3) is 1.72. The van der Waals surface area contributed by atoms with Gasteiger partial charge >= 0.3 is 0 Å². The Morgan fingerprint density at radius 3 is 1.90 bits per heavy atom. The Morgan fingerprint density at radius 2 is 1.50 bits per heavy atom. The predicted octanol–water partition coefficient (Wildman–Crippen LogP) is 2.13. The van der Waals surface area contributed by atoms with E-state index in [2.05, 4.69) is 25.7 Å². The van der Waals surface area contributed by atoms with Crippen LogP contribution in [0.2, 0.25) is 0 Å². The zero-order valence-electron chi connectivity index (χ0n) is 7.43. The van der Waals surface area contributed by atoms with E-state index in [1.54, 1.807) is 0 Å². The molecule has 0 N–H and O–H groups in total. The Bertz CT molecular complexity index is 92.9. The minimum atomic E-state index is 0.794. The molecule has 0 aliphatic carbocycles. The molecule has 1 atom stereocenters. The van der Waals surface area contributed by atoms with Crippen LogP contribution in [-0.2, 0) is 0 Å². The summed E-state index contributed by atoms with van der Waals surface area (Å²) in [6.45, 7) is 9.63. The molecule has 0 bridgehead atoms. The third-order valence-electron chi connectivity index (χ3n) is 2.68. The summed E-state index contributed by atoms with van der Waals surface area (Å²) in [5, 5.41) is 0. The van der Waals surface area contributed by atoms with Crippen LogP contribution >= 0.6 is 0 Å². The molecule has 0 unspecified atom stereocenters. The van der Waals surface area contributed by atoms with E-state index < -0.39 is 0 Å². The lowest BCUT2D eigenvalue weighted by atomic mass is 10.1. The van der Waals surface area contributed by atoms with Crippen molar-refractivity contribution in [1.29, 1.82) is 0 Å². The fraction of sp³-hybridized carbons (Fsp3) is 1.00. The van der Waals surface area contributed by atoms with Crippen LogP contribution in [0.25, 0.3) is 0 Å². The largest absolute Gasteiger partial charge is 0.300 e. The summed E-state index contributed by atoms with van der Waals surface area (Å²) >= 11 is 0. The third-order valence-corrected chi connectivity index (χ3v) is 2.68. The van der Waals surface area contributed by atoms with Gasteiger partial charge in [-0.15, -0.1) is 0 Å². The Kier molecular flexibility index (Phi) is 2.72. The molecule has 10 heavy (non-hydrogen) atoms. The highest BCUT2D eigenvalue weighted by atomic mass is 15.2. The average Bonchev–Trinajstić information content (AvgIpc) is 2.36.